The molecule has 0 fully saturated rings. The van der Waals surface area contributed by atoms with Crippen LogP contribution in [0, 0.1) is 11.2 Å². The van der Waals surface area contributed by atoms with Crippen molar-refractivity contribution in [2.75, 3.05) is 11.4 Å². The molecule has 0 amide bonds. The van der Waals surface area contributed by atoms with Crippen LogP contribution in [0.4, 0.5) is 10.1 Å². The summed E-state index contributed by atoms with van der Waals surface area (Å²) in [6, 6.07) is 4.72. The fourth-order valence-electron chi connectivity index (χ4n) is 1.87. The van der Waals surface area contributed by atoms with Gasteiger partial charge in [0.15, 0.2) is 0 Å². The molecular formula is C13H20FN3. The number of anilines is 1. The summed E-state index contributed by atoms with van der Waals surface area (Å²) in [6.45, 7) is 7.10. The van der Waals surface area contributed by atoms with E-state index in [-0.39, 0.29) is 11.7 Å². The molecule has 0 bridgehead atoms. The minimum absolute atomic E-state index is 0.0961. The van der Waals surface area contributed by atoms with Gasteiger partial charge in [-0.2, -0.15) is 0 Å². The number of hydrogen-bond acceptors (Lipinski definition) is 2. The Morgan fingerprint density at radius 3 is 2.59 bits per heavy atom. The van der Waals surface area contributed by atoms with Crippen molar-refractivity contribution in [3.8, 4) is 0 Å². The largest absolute Gasteiger partial charge is 0.384 e. The SMILES string of the molecule is CCCN(c1ccc(F)cc1C(=N)N)C(C)C. The summed E-state index contributed by atoms with van der Waals surface area (Å²) in [5.41, 5.74) is 6.80. The molecule has 0 aliphatic heterocycles. The zero-order valence-corrected chi connectivity index (χ0v) is 10.6. The van der Waals surface area contributed by atoms with Crippen LogP contribution in [0.25, 0.3) is 0 Å². The Balaban J connectivity index is 3.22. The van der Waals surface area contributed by atoms with Gasteiger partial charge in [-0.1, -0.05) is 6.92 Å². The van der Waals surface area contributed by atoms with E-state index in [1.807, 2.05) is 0 Å². The Morgan fingerprint density at radius 2 is 2.12 bits per heavy atom. The molecule has 1 aromatic carbocycles. The van der Waals surface area contributed by atoms with Crippen molar-refractivity contribution in [3.05, 3.63) is 29.6 Å². The van der Waals surface area contributed by atoms with Gasteiger partial charge in [0.05, 0.1) is 0 Å². The lowest BCUT2D eigenvalue weighted by Gasteiger charge is -2.30. The maximum Gasteiger partial charge on any atom is 0.125 e. The fraction of sp³-hybridized carbons (Fsp3) is 0.462. The molecule has 1 rings (SSSR count). The molecule has 0 aliphatic rings. The van der Waals surface area contributed by atoms with Crippen molar-refractivity contribution >= 4 is 11.5 Å². The molecule has 3 N–H and O–H groups in total. The molecule has 0 unspecified atom stereocenters. The summed E-state index contributed by atoms with van der Waals surface area (Å²) >= 11 is 0. The van der Waals surface area contributed by atoms with Crippen LogP contribution in [0.5, 0.6) is 0 Å². The van der Waals surface area contributed by atoms with Crippen LogP contribution >= 0.6 is 0 Å². The predicted molar refractivity (Wildman–Crippen MR) is 70.2 cm³/mol. The molecule has 0 spiro atoms. The lowest BCUT2D eigenvalue weighted by molar-refractivity contribution is 0.624. The summed E-state index contributed by atoms with van der Waals surface area (Å²) in [7, 11) is 0. The minimum Gasteiger partial charge on any atom is -0.384 e. The zero-order chi connectivity index (χ0) is 13.0. The number of nitrogen functional groups attached to an aromatic ring is 1. The van der Waals surface area contributed by atoms with Gasteiger partial charge in [-0.15, -0.1) is 0 Å². The number of nitrogens with two attached hydrogens (primary N) is 1. The monoisotopic (exact) mass is 237 g/mol. The second kappa shape index (κ2) is 5.66. The van der Waals surface area contributed by atoms with Gasteiger partial charge in [0.25, 0.3) is 0 Å². The van der Waals surface area contributed by atoms with Gasteiger partial charge in [0, 0.05) is 23.8 Å². The number of nitrogens with zero attached hydrogens (tertiary/aromatic N) is 1. The number of rotatable bonds is 5. The van der Waals surface area contributed by atoms with Gasteiger partial charge in [0.2, 0.25) is 0 Å². The van der Waals surface area contributed by atoms with Crippen LogP contribution in [0.1, 0.15) is 32.8 Å². The van der Waals surface area contributed by atoms with Crippen LogP contribution in [-0.2, 0) is 0 Å². The van der Waals surface area contributed by atoms with Gasteiger partial charge < -0.3 is 10.6 Å². The molecular weight excluding hydrogens is 217 g/mol. The van der Waals surface area contributed by atoms with Crippen molar-refractivity contribution in [1.82, 2.24) is 0 Å². The molecule has 3 nitrogen and oxygen atoms in total. The van der Waals surface area contributed by atoms with E-state index in [1.54, 1.807) is 6.07 Å². The summed E-state index contributed by atoms with van der Waals surface area (Å²) in [6.07, 6.45) is 0.993. The van der Waals surface area contributed by atoms with E-state index in [1.165, 1.54) is 12.1 Å². The molecule has 0 heterocycles. The zero-order valence-electron chi connectivity index (χ0n) is 10.6. The number of halogens is 1. The third-order valence-corrected chi connectivity index (χ3v) is 2.65. The van der Waals surface area contributed by atoms with E-state index < -0.39 is 0 Å². The van der Waals surface area contributed by atoms with Gasteiger partial charge in [0.1, 0.15) is 11.7 Å². The van der Waals surface area contributed by atoms with E-state index in [4.69, 9.17) is 11.1 Å². The maximum absolute atomic E-state index is 13.2. The van der Waals surface area contributed by atoms with Crippen molar-refractivity contribution in [2.24, 2.45) is 5.73 Å². The fourth-order valence-corrected chi connectivity index (χ4v) is 1.87. The Bertz CT molecular complexity index is 402. The molecule has 1 aromatic rings. The lowest BCUT2D eigenvalue weighted by Crippen LogP contribution is -2.33. The van der Waals surface area contributed by atoms with E-state index in [0.29, 0.717) is 11.6 Å². The third-order valence-electron chi connectivity index (χ3n) is 2.65. The highest BCUT2D eigenvalue weighted by Gasteiger charge is 2.15. The molecule has 94 valence electrons. The highest BCUT2D eigenvalue weighted by Crippen LogP contribution is 2.23. The van der Waals surface area contributed by atoms with Crippen molar-refractivity contribution in [3.63, 3.8) is 0 Å². The smallest absolute Gasteiger partial charge is 0.125 e. The van der Waals surface area contributed by atoms with E-state index in [2.05, 4.69) is 25.7 Å². The Kier molecular flexibility index (Phi) is 4.49. The molecule has 4 heteroatoms. The highest BCUT2D eigenvalue weighted by molar-refractivity contribution is 6.00. The maximum atomic E-state index is 13.2. The Labute approximate surface area is 102 Å². The molecule has 0 saturated carbocycles. The lowest BCUT2D eigenvalue weighted by atomic mass is 10.1. The average Bonchev–Trinajstić information content (AvgIpc) is 2.26. The van der Waals surface area contributed by atoms with E-state index in [0.717, 1.165) is 18.7 Å². The van der Waals surface area contributed by atoms with Crippen LogP contribution in [0.15, 0.2) is 18.2 Å². The first-order valence-electron chi connectivity index (χ1n) is 5.88. The van der Waals surface area contributed by atoms with Gasteiger partial charge in [-0.3, -0.25) is 5.41 Å². The Morgan fingerprint density at radius 1 is 1.47 bits per heavy atom. The first kappa shape index (κ1) is 13.5. The molecule has 0 aliphatic carbocycles. The number of amidine groups is 1. The summed E-state index contributed by atoms with van der Waals surface area (Å²) in [4.78, 5) is 2.14. The molecule has 0 radical (unpaired) electrons. The van der Waals surface area contributed by atoms with Gasteiger partial charge in [-0.05, 0) is 38.5 Å². The number of benzene rings is 1. The van der Waals surface area contributed by atoms with Gasteiger partial charge in [-0.25, -0.2) is 4.39 Å². The molecule has 17 heavy (non-hydrogen) atoms. The van der Waals surface area contributed by atoms with E-state index in [9.17, 15) is 4.39 Å². The second-order valence-corrected chi connectivity index (χ2v) is 4.36. The van der Waals surface area contributed by atoms with Crippen LogP contribution in [0.3, 0.4) is 0 Å². The average molecular weight is 237 g/mol. The molecule has 0 atom stereocenters. The van der Waals surface area contributed by atoms with Crippen molar-refractivity contribution in [2.45, 2.75) is 33.2 Å². The van der Waals surface area contributed by atoms with Crippen LogP contribution in [-0.4, -0.2) is 18.4 Å². The first-order chi connectivity index (χ1) is 7.97. The van der Waals surface area contributed by atoms with Crippen molar-refractivity contribution < 1.29 is 4.39 Å². The summed E-state index contributed by atoms with van der Waals surface area (Å²) < 4.78 is 13.2. The third kappa shape index (κ3) is 3.19. The topological polar surface area (TPSA) is 53.1 Å². The quantitative estimate of drug-likeness (QED) is 0.611. The number of nitrogens with one attached hydrogen (secondary N) is 1. The van der Waals surface area contributed by atoms with E-state index >= 15 is 0 Å². The van der Waals surface area contributed by atoms with Crippen LogP contribution < -0.4 is 10.6 Å². The molecule has 0 saturated heterocycles. The summed E-state index contributed by atoms with van der Waals surface area (Å²) in [5, 5.41) is 7.52. The first-order valence-corrected chi connectivity index (χ1v) is 5.88. The van der Waals surface area contributed by atoms with Gasteiger partial charge >= 0.3 is 0 Å². The Hall–Kier alpha value is -1.58. The minimum atomic E-state index is -0.362. The highest BCUT2D eigenvalue weighted by atomic mass is 19.1. The summed E-state index contributed by atoms with van der Waals surface area (Å²) in [5.74, 6) is -0.458. The normalized spacial score (nSPS) is 10.6. The molecule has 0 aromatic heterocycles. The van der Waals surface area contributed by atoms with Crippen LogP contribution in [0.2, 0.25) is 0 Å². The van der Waals surface area contributed by atoms with Crippen molar-refractivity contribution in [1.29, 1.82) is 5.41 Å². The standard InChI is InChI=1S/C13H20FN3/c1-4-7-17(9(2)3)12-6-5-10(14)8-11(12)13(15)16/h5-6,8-9H,4,7H2,1-3H3,(H3,15,16). The number of hydrogen-bond donors (Lipinski definition) is 2. The second-order valence-electron chi connectivity index (χ2n) is 4.36. The predicted octanol–water partition coefficient (Wildman–Crippen LogP) is 2.73.